The lowest BCUT2D eigenvalue weighted by Gasteiger charge is -2.20. The van der Waals surface area contributed by atoms with Gasteiger partial charge < -0.3 is 0 Å². The number of aromatic nitrogens is 4. The molecule has 0 radical (unpaired) electrons. The van der Waals surface area contributed by atoms with E-state index in [0.29, 0.717) is 11.6 Å². The summed E-state index contributed by atoms with van der Waals surface area (Å²) in [7, 11) is 0. The smallest absolute Gasteiger partial charge is 0.160 e. The van der Waals surface area contributed by atoms with Crippen molar-refractivity contribution < 1.29 is 0 Å². The highest BCUT2D eigenvalue weighted by Gasteiger charge is 2.24. The average molecular weight is 1100 g/mol. The Bertz CT molecular complexity index is 4450. The lowest BCUT2D eigenvalue weighted by molar-refractivity contribution is 1.18. The number of hydrogen-bond donors (Lipinski definition) is 0. The Labute approximate surface area is 500 Å². The van der Waals surface area contributed by atoms with Gasteiger partial charge in [0.05, 0.1) is 22.8 Å². The van der Waals surface area contributed by atoms with Gasteiger partial charge >= 0.3 is 0 Å². The quantitative estimate of drug-likeness (QED) is 0.114. The number of rotatable bonds is 12. The summed E-state index contributed by atoms with van der Waals surface area (Å²) in [6.45, 7) is 0. The molecule has 0 unspecified atom stereocenters. The normalized spacial score (nSPS) is 11.3. The second-order valence-corrected chi connectivity index (χ2v) is 21.6. The molecule has 0 amide bonds. The maximum Gasteiger partial charge on any atom is 0.160 e. The summed E-state index contributed by atoms with van der Waals surface area (Å²) in [5.74, 6) is 1.38. The molecule has 4 heteroatoms. The SMILES string of the molecule is c1ccc(-c2nc(-c3ccccc3)c(-c3ccc(-c4ccc5c(-c6ccccc6)c6cc(-c7ccc(-c8c(-c9ccccc9)nc(-c9ccccc9)nc8-c8ccccc8)cc7)ccc6c(-c6ccccc6)c5c4)cc3)c(-c3ccccc3)n2)cc1. The van der Waals surface area contributed by atoms with E-state index in [1.54, 1.807) is 0 Å². The second-order valence-electron chi connectivity index (χ2n) is 21.6. The second kappa shape index (κ2) is 22.7. The zero-order valence-electron chi connectivity index (χ0n) is 47.0. The molecular weight excluding hydrogens is 1040 g/mol. The Kier molecular flexibility index (Phi) is 13.6. The van der Waals surface area contributed by atoms with Crippen LogP contribution in [0.25, 0.3) is 156 Å². The van der Waals surface area contributed by atoms with Gasteiger partial charge in [-0.1, -0.05) is 315 Å². The molecule has 0 saturated heterocycles. The zero-order chi connectivity index (χ0) is 57.2. The van der Waals surface area contributed by atoms with Crippen LogP contribution in [0.5, 0.6) is 0 Å². The summed E-state index contributed by atoms with van der Waals surface area (Å²) in [5.41, 5.74) is 22.9. The van der Waals surface area contributed by atoms with Crippen molar-refractivity contribution in [3.63, 3.8) is 0 Å². The maximum atomic E-state index is 5.34. The van der Waals surface area contributed by atoms with Crippen LogP contribution >= 0.6 is 0 Å². The molecule has 4 nitrogen and oxygen atoms in total. The Balaban J connectivity index is 0.869. The van der Waals surface area contributed by atoms with Crippen molar-refractivity contribution in [3.05, 3.63) is 328 Å². The summed E-state index contributed by atoms with van der Waals surface area (Å²) in [6.07, 6.45) is 0. The van der Waals surface area contributed by atoms with Crippen LogP contribution < -0.4 is 0 Å². The van der Waals surface area contributed by atoms with E-state index < -0.39 is 0 Å². The Morgan fingerprint density at radius 2 is 0.349 bits per heavy atom. The van der Waals surface area contributed by atoms with E-state index in [1.165, 1.54) is 32.7 Å². The van der Waals surface area contributed by atoms with Crippen LogP contribution in [0.15, 0.2) is 328 Å². The predicted molar refractivity (Wildman–Crippen MR) is 358 cm³/mol. The highest BCUT2D eigenvalue weighted by atomic mass is 14.9. The molecule has 15 aromatic rings. The van der Waals surface area contributed by atoms with Gasteiger partial charge in [-0.3, -0.25) is 0 Å². The van der Waals surface area contributed by atoms with Crippen LogP contribution in [-0.2, 0) is 0 Å². The lowest BCUT2D eigenvalue weighted by atomic mass is 9.83. The third-order valence-electron chi connectivity index (χ3n) is 16.3. The summed E-state index contributed by atoms with van der Waals surface area (Å²) >= 11 is 0. The third kappa shape index (κ3) is 9.81. The summed E-state index contributed by atoms with van der Waals surface area (Å²) < 4.78 is 0. The first-order valence-corrected chi connectivity index (χ1v) is 29.2. The van der Waals surface area contributed by atoms with Crippen molar-refractivity contribution in [2.45, 2.75) is 0 Å². The van der Waals surface area contributed by atoms with Gasteiger partial charge in [0.1, 0.15) is 0 Å². The van der Waals surface area contributed by atoms with Crippen molar-refractivity contribution in [2.24, 2.45) is 0 Å². The van der Waals surface area contributed by atoms with Crippen LogP contribution in [0.4, 0.5) is 0 Å². The average Bonchev–Trinajstić information content (AvgIpc) is 1.98. The molecule has 0 spiro atoms. The Hall–Kier alpha value is -11.5. The van der Waals surface area contributed by atoms with Gasteiger partial charge in [0.25, 0.3) is 0 Å². The van der Waals surface area contributed by atoms with E-state index in [-0.39, 0.29) is 0 Å². The van der Waals surface area contributed by atoms with E-state index in [1.807, 2.05) is 36.4 Å². The highest BCUT2D eigenvalue weighted by molar-refractivity contribution is 6.22. The molecule has 0 aliphatic rings. The number of nitrogens with zero attached hydrogens (tertiary/aromatic N) is 4. The monoisotopic (exact) mass is 1090 g/mol. The Morgan fingerprint density at radius 3 is 0.616 bits per heavy atom. The first-order chi connectivity index (χ1) is 42.7. The van der Waals surface area contributed by atoms with Gasteiger partial charge in [0.2, 0.25) is 0 Å². The fourth-order valence-corrected chi connectivity index (χ4v) is 12.2. The number of fused-ring (bicyclic) bond motifs is 2. The standard InChI is InChI=1S/C82H54N4/c1-9-25-57(26-10-1)73-69-51-49-68(56-43-47-60(48-44-56)76-79(63-33-17-5-18-34-63)85-82(66-39-23-8-24-40-66)86-80(76)64-35-19-6-20-36-64)54-72(69)74(58-27-11-2-12-28-58)70-52-50-67(53-71(70)73)55-41-45-59(46-42-55)75-77(61-29-13-3-14-30-61)83-81(65-37-21-7-22-38-65)84-78(75)62-31-15-4-16-32-62/h1-54H. The molecule has 2 heterocycles. The molecule has 2 aromatic heterocycles. The molecule has 0 N–H and O–H groups in total. The first kappa shape index (κ1) is 51.4. The van der Waals surface area contributed by atoms with Gasteiger partial charge in [-0.2, -0.15) is 0 Å². The van der Waals surface area contributed by atoms with Crippen molar-refractivity contribution in [3.8, 4) is 135 Å². The van der Waals surface area contributed by atoms with Crippen LogP contribution in [0.1, 0.15) is 0 Å². The minimum atomic E-state index is 0.690. The van der Waals surface area contributed by atoms with Crippen LogP contribution in [-0.4, -0.2) is 19.9 Å². The fourth-order valence-electron chi connectivity index (χ4n) is 12.2. The molecule has 0 fully saturated rings. The van der Waals surface area contributed by atoms with Crippen LogP contribution in [0.3, 0.4) is 0 Å². The number of hydrogen-bond acceptors (Lipinski definition) is 4. The molecule has 0 atom stereocenters. The zero-order valence-corrected chi connectivity index (χ0v) is 47.0. The lowest BCUT2D eigenvalue weighted by Crippen LogP contribution is -2.00. The van der Waals surface area contributed by atoms with E-state index >= 15 is 0 Å². The topological polar surface area (TPSA) is 51.6 Å². The predicted octanol–water partition coefficient (Wildman–Crippen LogP) is 21.6. The first-order valence-electron chi connectivity index (χ1n) is 29.2. The maximum absolute atomic E-state index is 5.34. The molecule has 15 rings (SSSR count). The van der Waals surface area contributed by atoms with Gasteiger partial charge in [0.15, 0.2) is 11.6 Å². The minimum Gasteiger partial charge on any atom is -0.227 e. The molecular formula is C82H54N4. The van der Waals surface area contributed by atoms with Crippen LogP contribution in [0, 0.1) is 0 Å². The minimum absolute atomic E-state index is 0.690. The van der Waals surface area contributed by atoms with E-state index in [4.69, 9.17) is 19.9 Å². The van der Waals surface area contributed by atoms with Crippen LogP contribution in [0.2, 0.25) is 0 Å². The molecule has 13 aromatic carbocycles. The van der Waals surface area contributed by atoms with Gasteiger partial charge in [-0.05, 0) is 89.3 Å². The van der Waals surface area contributed by atoms with Gasteiger partial charge in [-0.25, -0.2) is 19.9 Å². The van der Waals surface area contributed by atoms with E-state index in [9.17, 15) is 0 Å². The molecule has 86 heavy (non-hydrogen) atoms. The fraction of sp³-hybridized carbons (Fsp3) is 0. The highest BCUT2D eigenvalue weighted by Crippen LogP contribution is 2.48. The molecule has 0 aliphatic carbocycles. The van der Waals surface area contributed by atoms with Crippen molar-refractivity contribution in [1.82, 2.24) is 19.9 Å². The van der Waals surface area contributed by atoms with Gasteiger partial charge in [-0.15, -0.1) is 0 Å². The molecule has 0 saturated carbocycles. The van der Waals surface area contributed by atoms with E-state index in [2.05, 4.69) is 291 Å². The van der Waals surface area contributed by atoms with Gasteiger partial charge in [0, 0.05) is 44.5 Å². The third-order valence-corrected chi connectivity index (χ3v) is 16.3. The summed E-state index contributed by atoms with van der Waals surface area (Å²) in [5, 5.41) is 4.75. The summed E-state index contributed by atoms with van der Waals surface area (Å²) in [6, 6.07) is 116. The summed E-state index contributed by atoms with van der Waals surface area (Å²) in [4.78, 5) is 21.4. The van der Waals surface area contributed by atoms with Crippen molar-refractivity contribution in [1.29, 1.82) is 0 Å². The van der Waals surface area contributed by atoms with E-state index in [0.717, 1.165) is 112 Å². The molecule has 0 bridgehead atoms. The molecule has 0 aliphatic heterocycles. The largest absolute Gasteiger partial charge is 0.227 e. The molecule has 402 valence electrons. The van der Waals surface area contributed by atoms with Crippen molar-refractivity contribution >= 4 is 21.5 Å². The van der Waals surface area contributed by atoms with Crippen molar-refractivity contribution in [2.75, 3.05) is 0 Å². The number of benzene rings is 13. The Morgan fingerprint density at radius 1 is 0.140 bits per heavy atom.